The maximum Gasteiger partial charge on any atom is 0.251 e. The fourth-order valence-electron chi connectivity index (χ4n) is 1.65. The van der Waals surface area contributed by atoms with Gasteiger partial charge in [-0.3, -0.25) is 9.59 Å². The highest BCUT2D eigenvalue weighted by atomic mass is 16.5. The molecule has 1 aromatic carbocycles. The first-order valence-corrected chi connectivity index (χ1v) is 6.65. The van der Waals surface area contributed by atoms with Crippen LogP contribution < -0.4 is 21.1 Å². The van der Waals surface area contributed by atoms with Crippen molar-refractivity contribution >= 4 is 17.5 Å². The quantitative estimate of drug-likeness (QED) is 0.647. The molecule has 6 heteroatoms. The molecular formula is C14H21N3O3. The van der Waals surface area contributed by atoms with Crippen molar-refractivity contribution in [2.45, 2.75) is 20.3 Å². The van der Waals surface area contributed by atoms with Gasteiger partial charge in [0.2, 0.25) is 5.91 Å². The third-order valence-electron chi connectivity index (χ3n) is 2.58. The van der Waals surface area contributed by atoms with Crippen LogP contribution in [-0.4, -0.2) is 31.5 Å². The standard InChI is InChI=1S/C14H21N3O3/c1-3-16-13(18)7-8-17-14(19)10-5-6-12(20-4-2)11(15)9-10/h5-6,9H,3-4,7-8,15H2,1-2H3,(H,16,18)(H,17,19). The molecule has 1 rings (SSSR count). The molecule has 0 aliphatic rings. The Kier molecular flexibility index (Phi) is 6.36. The van der Waals surface area contributed by atoms with Crippen LogP contribution in [0.4, 0.5) is 5.69 Å². The maximum absolute atomic E-state index is 11.9. The van der Waals surface area contributed by atoms with Crippen LogP contribution in [0, 0.1) is 0 Å². The summed E-state index contributed by atoms with van der Waals surface area (Å²) in [5.41, 5.74) is 6.66. The fraction of sp³-hybridized carbons (Fsp3) is 0.429. The van der Waals surface area contributed by atoms with Gasteiger partial charge in [-0.2, -0.15) is 0 Å². The number of nitrogen functional groups attached to an aromatic ring is 1. The molecule has 6 nitrogen and oxygen atoms in total. The summed E-state index contributed by atoms with van der Waals surface area (Å²) in [4.78, 5) is 23.1. The second-order valence-corrected chi connectivity index (χ2v) is 4.15. The fourth-order valence-corrected chi connectivity index (χ4v) is 1.65. The highest BCUT2D eigenvalue weighted by Crippen LogP contribution is 2.22. The van der Waals surface area contributed by atoms with Crippen molar-refractivity contribution in [2.24, 2.45) is 0 Å². The Bertz CT molecular complexity index is 475. The van der Waals surface area contributed by atoms with E-state index in [1.165, 1.54) is 0 Å². The maximum atomic E-state index is 11.9. The van der Waals surface area contributed by atoms with Crippen LogP contribution in [0.3, 0.4) is 0 Å². The molecule has 0 saturated heterocycles. The highest BCUT2D eigenvalue weighted by Gasteiger charge is 2.09. The largest absolute Gasteiger partial charge is 0.492 e. The Hall–Kier alpha value is -2.24. The number of anilines is 1. The molecule has 4 N–H and O–H groups in total. The monoisotopic (exact) mass is 279 g/mol. The number of nitrogens with one attached hydrogen (secondary N) is 2. The summed E-state index contributed by atoms with van der Waals surface area (Å²) in [5, 5.41) is 5.33. The number of hydrogen-bond acceptors (Lipinski definition) is 4. The van der Waals surface area contributed by atoms with Crippen LogP contribution in [0.1, 0.15) is 30.6 Å². The Labute approximate surface area is 118 Å². The number of carbonyl (C=O) groups is 2. The van der Waals surface area contributed by atoms with E-state index in [1.54, 1.807) is 18.2 Å². The van der Waals surface area contributed by atoms with E-state index >= 15 is 0 Å². The van der Waals surface area contributed by atoms with Crippen molar-refractivity contribution < 1.29 is 14.3 Å². The SMILES string of the molecule is CCNC(=O)CCNC(=O)c1ccc(OCC)c(N)c1. The lowest BCUT2D eigenvalue weighted by molar-refractivity contribution is -0.120. The van der Waals surface area contributed by atoms with Gasteiger partial charge in [0.1, 0.15) is 5.75 Å². The average Bonchev–Trinajstić information content (AvgIpc) is 2.41. The van der Waals surface area contributed by atoms with Gasteiger partial charge in [-0.15, -0.1) is 0 Å². The predicted octanol–water partition coefficient (Wildman–Crippen LogP) is 0.923. The number of hydrogen-bond donors (Lipinski definition) is 3. The zero-order chi connectivity index (χ0) is 15.0. The third kappa shape index (κ3) is 4.79. The van der Waals surface area contributed by atoms with Crippen LogP contribution >= 0.6 is 0 Å². The van der Waals surface area contributed by atoms with Gasteiger partial charge in [0.25, 0.3) is 5.91 Å². The molecule has 0 saturated carbocycles. The number of carbonyl (C=O) groups excluding carboxylic acids is 2. The van der Waals surface area contributed by atoms with Gasteiger partial charge in [0.05, 0.1) is 12.3 Å². The third-order valence-corrected chi connectivity index (χ3v) is 2.58. The van der Waals surface area contributed by atoms with Crippen LogP contribution in [-0.2, 0) is 4.79 Å². The molecule has 0 bridgehead atoms. The van der Waals surface area contributed by atoms with Crippen LogP contribution in [0.25, 0.3) is 0 Å². The first-order chi connectivity index (χ1) is 9.58. The number of amides is 2. The van der Waals surface area contributed by atoms with E-state index in [2.05, 4.69) is 10.6 Å². The summed E-state index contributed by atoms with van der Waals surface area (Å²) in [7, 11) is 0. The molecule has 20 heavy (non-hydrogen) atoms. The summed E-state index contributed by atoms with van der Waals surface area (Å²) in [6.07, 6.45) is 0.256. The molecule has 0 radical (unpaired) electrons. The van der Waals surface area contributed by atoms with Gasteiger partial charge in [0.15, 0.2) is 0 Å². The Balaban J connectivity index is 2.51. The molecule has 0 aromatic heterocycles. The van der Waals surface area contributed by atoms with Crippen LogP contribution in [0.5, 0.6) is 5.75 Å². The molecule has 0 fully saturated rings. The number of nitrogens with two attached hydrogens (primary N) is 1. The van der Waals surface area contributed by atoms with E-state index in [0.29, 0.717) is 30.2 Å². The van der Waals surface area contributed by atoms with Gasteiger partial charge in [-0.1, -0.05) is 0 Å². The minimum Gasteiger partial charge on any atom is -0.492 e. The Morgan fingerprint density at radius 2 is 2.00 bits per heavy atom. The second kappa shape index (κ2) is 8.04. The molecule has 2 amide bonds. The molecule has 0 aliphatic heterocycles. The zero-order valence-electron chi connectivity index (χ0n) is 11.9. The van der Waals surface area contributed by atoms with Crippen molar-refractivity contribution in [1.29, 1.82) is 0 Å². The van der Waals surface area contributed by atoms with E-state index in [-0.39, 0.29) is 24.8 Å². The van der Waals surface area contributed by atoms with Crippen LogP contribution in [0.15, 0.2) is 18.2 Å². The van der Waals surface area contributed by atoms with Gasteiger partial charge in [-0.05, 0) is 32.0 Å². The molecule has 110 valence electrons. The highest BCUT2D eigenvalue weighted by molar-refractivity contribution is 5.95. The number of rotatable bonds is 7. The number of benzene rings is 1. The molecule has 0 aliphatic carbocycles. The first kappa shape index (κ1) is 15.8. The number of ether oxygens (including phenoxy) is 1. The summed E-state index contributed by atoms with van der Waals surface area (Å²) in [6.45, 7) is 5.10. The van der Waals surface area contributed by atoms with Crippen molar-refractivity contribution in [1.82, 2.24) is 10.6 Å². The van der Waals surface area contributed by atoms with Gasteiger partial charge < -0.3 is 21.1 Å². The predicted molar refractivity (Wildman–Crippen MR) is 77.7 cm³/mol. The summed E-state index contributed by atoms with van der Waals surface area (Å²) in [6, 6.07) is 4.87. The lowest BCUT2D eigenvalue weighted by Gasteiger charge is -2.09. The van der Waals surface area contributed by atoms with Gasteiger partial charge >= 0.3 is 0 Å². The lowest BCUT2D eigenvalue weighted by Crippen LogP contribution is -2.30. The van der Waals surface area contributed by atoms with Crippen molar-refractivity contribution in [3.8, 4) is 5.75 Å². The minimum atomic E-state index is -0.260. The van der Waals surface area contributed by atoms with E-state index in [9.17, 15) is 9.59 Å². The smallest absolute Gasteiger partial charge is 0.251 e. The van der Waals surface area contributed by atoms with E-state index in [4.69, 9.17) is 10.5 Å². The Morgan fingerprint density at radius 3 is 2.60 bits per heavy atom. The molecule has 1 aromatic rings. The van der Waals surface area contributed by atoms with Crippen LogP contribution in [0.2, 0.25) is 0 Å². The van der Waals surface area contributed by atoms with E-state index in [1.807, 2.05) is 13.8 Å². The van der Waals surface area contributed by atoms with E-state index in [0.717, 1.165) is 0 Å². The minimum absolute atomic E-state index is 0.0843. The second-order valence-electron chi connectivity index (χ2n) is 4.15. The van der Waals surface area contributed by atoms with Crippen molar-refractivity contribution in [3.63, 3.8) is 0 Å². The normalized spacial score (nSPS) is 9.90. The van der Waals surface area contributed by atoms with Crippen molar-refractivity contribution in [3.05, 3.63) is 23.8 Å². The molecule has 0 heterocycles. The summed E-state index contributed by atoms with van der Waals surface area (Å²) in [5.74, 6) is 0.217. The van der Waals surface area contributed by atoms with Gasteiger partial charge in [-0.25, -0.2) is 0 Å². The summed E-state index contributed by atoms with van der Waals surface area (Å²) < 4.78 is 5.30. The molecular weight excluding hydrogens is 258 g/mol. The average molecular weight is 279 g/mol. The van der Waals surface area contributed by atoms with E-state index < -0.39 is 0 Å². The van der Waals surface area contributed by atoms with Gasteiger partial charge in [0, 0.05) is 25.1 Å². The molecule has 0 spiro atoms. The first-order valence-electron chi connectivity index (χ1n) is 6.65. The van der Waals surface area contributed by atoms with Crippen molar-refractivity contribution in [2.75, 3.05) is 25.4 Å². The molecule has 0 unspecified atom stereocenters. The zero-order valence-corrected chi connectivity index (χ0v) is 11.9. The molecule has 0 atom stereocenters. The topological polar surface area (TPSA) is 93.5 Å². The summed E-state index contributed by atoms with van der Waals surface area (Å²) >= 11 is 0. The lowest BCUT2D eigenvalue weighted by atomic mass is 10.1. The Morgan fingerprint density at radius 1 is 1.25 bits per heavy atom.